The molecule has 3 heterocycles. The fourth-order valence-corrected chi connectivity index (χ4v) is 2.41. The Hall–Kier alpha value is -2.48. The number of ether oxygens (including phenoxy) is 1. The first kappa shape index (κ1) is 14.5. The van der Waals surface area contributed by atoms with E-state index >= 15 is 0 Å². The summed E-state index contributed by atoms with van der Waals surface area (Å²) < 4.78 is 10.0. The number of methoxy groups -OCH3 is 1. The van der Waals surface area contributed by atoms with Gasteiger partial charge in [0.2, 0.25) is 17.7 Å². The molecule has 2 aromatic rings. The molecule has 1 amide bonds. The van der Waals surface area contributed by atoms with E-state index in [9.17, 15) is 4.79 Å². The minimum atomic E-state index is 0.0275. The number of anilines is 1. The van der Waals surface area contributed by atoms with Gasteiger partial charge < -0.3 is 14.2 Å². The summed E-state index contributed by atoms with van der Waals surface area (Å²) in [6, 6.07) is 3.56. The van der Waals surface area contributed by atoms with Gasteiger partial charge in [-0.3, -0.25) is 9.69 Å². The minimum absolute atomic E-state index is 0.0275. The second kappa shape index (κ2) is 6.10. The quantitative estimate of drug-likeness (QED) is 0.819. The highest BCUT2D eigenvalue weighted by atomic mass is 16.5. The van der Waals surface area contributed by atoms with Crippen molar-refractivity contribution in [2.75, 3.05) is 31.6 Å². The van der Waals surface area contributed by atoms with Crippen LogP contribution in [0.5, 0.6) is 5.88 Å². The van der Waals surface area contributed by atoms with E-state index in [1.165, 1.54) is 0 Å². The molecule has 8 heteroatoms. The van der Waals surface area contributed by atoms with E-state index in [2.05, 4.69) is 15.1 Å². The van der Waals surface area contributed by atoms with E-state index in [-0.39, 0.29) is 5.91 Å². The summed E-state index contributed by atoms with van der Waals surface area (Å²) in [6.07, 6.45) is 1.63. The molecule has 0 bridgehead atoms. The summed E-state index contributed by atoms with van der Waals surface area (Å²) in [5.41, 5.74) is 0.798. The van der Waals surface area contributed by atoms with Gasteiger partial charge in [0.1, 0.15) is 0 Å². The van der Waals surface area contributed by atoms with Crippen molar-refractivity contribution in [2.45, 2.75) is 13.5 Å². The lowest BCUT2D eigenvalue weighted by Crippen LogP contribution is -2.50. The zero-order valence-electron chi connectivity index (χ0n) is 12.5. The maximum absolute atomic E-state index is 12.4. The highest BCUT2D eigenvalue weighted by Crippen LogP contribution is 2.21. The first-order chi connectivity index (χ1) is 10.7. The number of aryl methyl sites for hydroxylation is 1. The Kier molecular flexibility index (Phi) is 4.01. The summed E-state index contributed by atoms with van der Waals surface area (Å²) in [6.45, 7) is 3.91. The lowest BCUT2D eigenvalue weighted by atomic mass is 10.2. The molecule has 1 fully saturated rings. The standard InChI is InChI=1S/C14H17N5O3/c1-10-16-12(17-22-10)8-18-5-6-19(14(20)9-18)11-3-4-15-13(7-11)21-2/h3-4,7H,5-6,8-9H2,1-2H3. The number of rotatable bonds is 4. The van der Waals surface area contributed by atoms with Crippen LogP contribution < -0.4 is 9.64 Å². The van der Waals surface area contributed by atoms with E-state index < -0.39 is 0 Å². The number of carbonyl (C=O) groups excluding carboxylic acids is 1. The number of piperazine rings is 1. The summed E-state index contributed by atoms with van der Waals surface area (Å²) in [4.78, 5) is 24.3. The molecule has 1 aliphatic rings. The van der Waals surface area contributed by atoms with E-state index in [1.54, 1.807) is 37.3 Å². The van der Waals surface area contributed by atoms with Gasteiger partial charge in [-0.2, -0.15) is 4.98 Å². The van der Waals surface area contributed by atoms with Crippen LogP contribution in [0.3, 0.4) is 0 Å². The van der Waals surface area contributed by atoms with Crippen LogP contribution in [0.1, 0.15) is 11.7 Å². The Morgan fingerprint density at radius 3 is 2.95 bits per heavy atom. The Balaban J connectivity index is 1.65. The van der Waals surface area contributed by atoms with Gasteiger partial charge in [-0.15, -0.1) is 0 Å². The monoisotopic (exact) mass is 303 g/mol. The molecular weight excluding hydrogens is 286 g/mol. The molecular formula is C14H17N5O3. The smallest absolute Gasteiger partial charge is 0.241 e. The highest BCUT2D eigenvalue weighted by molar-refractivity contribution is 5.95. The lowest BCUT2D eigenvalue weighted by Gasteiger charge is -2.33. The van der Waals surface area contributed by atoms with Crippen molar-refractivity contribution < 1.29 is 14.1 Å². The van der Waals surface area contributed by atoms with E-state index in [4.69, 9.17) is 9.26 Å². The minimum Gasteiger partial charge on any atom is -0.481 e. The number of amides is 1. The van der Waals surface area contributed by atoms with Crippen molar-refractivity contribution in [1.29, 1.82) is 0 Å². The van der Waals surface area contributed by atoms with Gasteiger partial charge in [0.05, 0.1) is 25.9 Å². The lowest BCUT2D eigenvalue weighted by molar-refractivity contribution is -0.121. The molecule has 0 saturated carbocycles. The molecule has 22 heavy (non-hydrogen) atoms. The molecule has 1 aliphatic heterocycles. The third kappa shape index (κ3) is 3.06. The maximum atomic E-state index is 12.4. The summed E-state index contributed by atoms with van der Waals surface area (Å²) in [5.74, 6) is 1.66. The summed E-state index contributed by atoms with van der Waals surface area (Å²) in [7, 11) is 1.55. The van der Waals surface area contributed by atoms with Crippen LogP contribution in [0.25, 0.3) is 0 Å². The zero-order valence-corrected chi connectivity index (χ0v) is 12.5. The molecule has 0 radical (unpaired) electrons. The zero-order chi connectivity index (χ0) is 15.5. The van der Waals surface area contributed by atoms with Crippen LogP contribution >= 0.6 is 0 Å². The third-order valence-electron chi connectivity index (χ3n) is 3.47. The first-order valence-corrected chi connectivity index (χ1v) is 6.97. The van der Waals surface area contributed by atoms with Crippen molar-refractivity contribution in [3.63, 3.8) is 0 Å². The molecule has 0 aromatic carbocycles. The van der Waals surface area contributed by atoms with Crippen LogP contribution in [-0.2, 0) is 11.3 Å². The van der Waals surface area contributed by atoms with Gasteiger partial charge in [0.15, 0.2) is 5.82 Å². The summed E-state index contributed by atoms with van der Waals surface area (Å²) >= 11 is 0. The van der Waals surface area contributed by atoms with Crippen LogP contribution in [-0.4, -0.2) is 52.7 Å². The van der Waals surface area contributed by atoms with Gasteiger partial charge in [-0.1, -0.05) is 5.16 Å². The van der Waals surface area contributed by atoms with Gasteiger partial charge in [0, 0.05) is 32.3 Å². The van der Waals surface area contributed by atoms with Crippen LogP contribution in [0.4, 0.5) is 5.69 Å². The summed E-state index contributed by atoms with van der Waals surface area (Å²) in [5, 5.41) is 3.86. The van der Waals surface area contributed by atoms with Crippen LogP contribution in [0.15, 0.2) is 22.9 Å². The van der Waals surface area contributed by atoms with Crippen molar-refractivity contribution in [3.05, 3.63) is 30.0 Å². The van der Waals surface area contributed by atoms with Crippen molar-refractivity contribution in [2.24, 2.45) is 0 Å². The number of nitrogens with zero attached hydrogens (tertiary/aromatic N) is 5. The van der Waals surface area contributed by atoms with Crippen LogP contribution in [0, 0.1) is 6.92 Å². The average molecular weight is 303 g/mol. The molecule has 1 saturated heterocycles. The number of hydrogen-bond acceptors (Lipinski definition) is 7. The van der Waals surface area contributed by atoms with Gasteiger partial charge in [0.25, 0.3) is 0 Å². The molecule has 0 spiro atoms. The number of carbonyl (C=O) groups is 1. The molecule has 0 N–H and O–H groups in total. The van der Waals surface area contributed by atoms with Crippen molar-refractivity contribution in [3.8, 4) is 5.88 Å². The number of hydrogen-bond donors (Lipinski definition) is 0. The Labute approximate surface area is 127 Å². The van der Waals surface area contributed by atoms with Gasteiger partial charge in [-0.25, -0.2) is 4.98 Å². The molecule has 8 nitrogen and oxygen atoms in total. The van der Waals surface area contributed by atoms with Crippen LogP contribution in [0.2, 0.25) is 0 Å². The molecule has 0 unspecified atom stereocenters. The molecule has 116 valence electrons. The SMILES string of the molecule is COc1cc(N2CCN(Cc3noc(C)n3)CC2=O)ccn1. The average Bonchev–Trinajstić information content (AvgIpc) is 2.92. The Morgan fingerprint density at radius 2 is 2.27 bits per heavy atom. The number of pyridine rings is 1. The molecule has 2 aromatic heterocycles. The fraction of sp³-hybridized carbons (Fsp3) is 0.429. The van der Waals surface area contributed by atoms with E-state index in [0.29, 0.717) is 37.2 Å². The van der Waals surface area contributed by atoms with Crippen molar-refractivity contribution in [1.82, 2.24) is 20.0 Å². The van der Waals surface area contributed by atoms with Gasteiger partial charge in [-0.05, 0) is 6.07 Å². The topological polar surface area (TPSA) is 84.6 Å². The van der Waals surface area contributed by atoms with E-state index in [0.717, 1.165) is 12.2 Å². The van der Waals surface area contributed by atoms with Crippen molar-refractivity contribution >= 4 is 11.6 Å². The van der Waals surface area contributed by atoms with Gasteiger partial charge >= 0.3 is 0 Å². The third-order valence-corrected chi connectivity index (χ3v) is 3.47. The molecule has 0 aliphatic carbocycles. The Bertz CT molecular complexity index is 672. The molecule has 0 atom stereocenters. The second-order valence-electron chi connectivity index (χ2n) is 5.04. The van der Waals surface area contributed by atoms with E-state index in [1.807, 2.05) is 4.90 Å². The second-order valence-corrected chi connectivity index (χ2v) is 5.04. The highest BCUT2D eigenvalue weighted by Gasteiger charge is 2.26. The first-order valence-electron chi connectivity index (χ1n) is 6.97. The molecule has 3 rings (SSSR count). The Morgan fingerprint density at radius 1 is 1.41 bits per heavy atom. The largest absolute Gasteiger partial charge is 0.481 e. The maximum Gasteiger partial charge on any atom is 0.241 e. The number of aromatic nitrogens is 3. The predicted molar refractivity (Wildman–Crippen MR) is 77.5 cm³/mol. The normalized spacial score (nSPS) is 16.1. The predicted octanol–water partition coefficient (Wildman–Crippen LogP) is 0.630. The fourth-order valence-electron chi connectivity index (χ4n) is 2.41.